The zero-order chi connectivity index (χ0) is 13.1. The maximum absolute atomic E-state index is 11.7. The van der Waals surface area contributed by atoms with E-state index in [4.69, 9.17) is 5.73 Å². The lowest BCUT2D eigenvalue weighted by molar-refractivity contribution is -0.118. The average molecular weight is 237 g/mol. The summed E-state index contributed by atoms with van der Waals surface area (Å²) in [7, 11) is 0. The Hall–Kier alpha value is -1.16. The van der Waals surface area contributed by atoms with E-state index in [1.54, 1.807) is 0 Å². The molecule has 17 heavy (non-hydrogen) atoms. The summed E-state index contributed by atoms with van der Waals surface area (Å²) in [4.78, 5) is 11.7. The van der Waals surface area contributed by atoms with Gasteiger partial charge in [-0.15, -0.1) is 0 Å². The summed E-state index contributed by atoms with van der Waals surface area (Å²) in [5.41, 5.74) is 6.42. The molecule has 0 aliphatic rings. The highest BCUT2D eigenvalue weighted by atomic mass is 16.1. The highest BCUT2D eigenvalue weighted by Crippen LogP contribution is 2.10. The van der Waals surface area contributed by atoms with Crippen LogP contribution in [0.4, 0.5) is 0 Å². The van der Waals surface area contributed by atoms with Crippen LogP contribution in [0, 0.1) is 0 Å². The molecule has 0 aliphatic heterocycles. The summed E-state index contributed by atoms with van der Waals surface area (Å²) in [6.45, 7) is 8.01. The van der Waals surface area contributed by atoms with E-state index in [0.29, 0.717) is 18.9 Å². The van der Waals surface area contributed by atoms with Gasteiger partial charge in [0.15, 0.2) is 0 Å². The second-order valence-corrected chi connectivity index (χ2v) is 5.58. The molecule has 4 nitrogen and oxygen atoms in total. The molecule has 1 aromatic heterocycles. The molecule has 0 saturated heterocycles. The normalized spacial score (nSPS) is 12.1. The van der Waals surface area contributed by atoms with Gasteiger partial charge >= 0.3 is 0 Å². The van der Waals surface area contributed by atoms with Gasteiger partial charge in [0.25, 0.3) is 0 Å². The Balaban J connectivity index is 2.45. The molecule has 0 spiro atoms. The third-order valence-corrected chi connectivity index (χ3v) is 2.62. The van der Waals surface area contributed by atoms with Gasteiger partial charge in [-0.05, 0) is 40.2 Å². The maximum Gasteiger partial charge on any atom is 0.138 e. The minimum atomic E-state index is -0.271. The fraction of sp³-hybridized carbons (Fsp3) is 0.692. The van der Waals surface area contributed by atoms with Crippen molar-refractivity contribution < 1.29 is 4.79 Å². The Morgan fingerprint density at radius 3 is 2.65 bits per heavy atom. The molecule has 4 heteroatoms. The minimum Gasteiger partial charge on any atom is -0.326 e. The number of Topliss-reactive ketones (excluding diaryl/α,β-unsaturated/α-hetero) is 1. The summed E-state index contributed by atoms with van der Waals surface area (Å²) in [6.07, 6.45) is 3.57. The molecule has 0 amide bonds. The zero-order valence-corrected chi connectivity index (χ0v) is 11.2. The predicted molar refractivity (Wildman–Crippen MR) is 68.8 cm³/mol. The van der Waals surface area contributed by atoms with Crippen molar-refractivity contribution >= 4 is 5.78 Å². The molecule has 0 atom stereocenters. The van der Waals surface area contributed by atoms with Crippen LogP contribution in [0.3, 0.4) is 0 Å². The highest BCUT2D eigenvalue weighted by molar-refractivity contribution is 5.80. The molecule has 0 unspecified atom stereocenters. The van der Waals surface area contributed by atoms with Crippen LogP contribution in [-0.4, -0.2) is 21.1 Å². The summed E-state index contributed by atoms with van der Waals surface area (Å²) in [5, 5.41) is 4.36. The van der Waals surface area contributed by atoms with Crippen LogP contribution < -0.4 is 5.73 Å². The Bertz CT molecular complexity index is 374. The van der Waals surface area contributed by atoms with E-state index < -0.39 is 0 Å². The Kier molecular flexibility index (Phi) is 4.46. The van der Waals surface area contributed by atoms with Crippen LogP contribution >= 0.6 is 0 Å². The summed E-state index contributed by atoms with van der Waals surface area (Å²) in [6, 6.07) is 2.24. The van der Waals surface area contributed by atoms with Gasteiger partial charge in [0.05, 0.1) is 12.1 Å². The predicted octanol–water partition coefficient (Wildman–Crippen LogP) is 2.09. The molecule has 0 bridgehead atoms. The number of nitrogens with two attached hydrogens (primary N) is 1. The summed E-state index contributed by atoms with van der Waals surface area (Å²) < 4.78 is 1.87. The second-order valence-electron chi connectivity index (χ2n) is 5.58. The van der Waals surface area contributed by atoms with Gasteiger partial charge in [-0.1, -0.05) is 0 Å². The average Bonchev–Trinajstić information content (AvgIpc) is 2.62. The van der Waals surface area contributed by atoms with Gasteiger partial charge in [0, 0.05) is 24.2 Å². The largest absolute Gasteiger partial charge is 0.326 e. The van der Waals surface area contributed by atoms with Gasteiger partial charge in [0.1, 0.15) is 5.78 Å². The van der Waals surface area contributed by atoms with Crippen molar-refractivity contribution in [2.75, 3.05) is 0 Å². The topological polar surface area (TPSA) is 60.9 Å². The first-order valence-corrected chi connectivity index (χ1v) is 6.12. The molecular weight excluding hydrogens is 214 g/mol. The van der Waals surface area contributed by atoms with Crippen molar-refractivity contribution in [2.24, 2.45) is 5.73 Å². The third kappa shape index (κ3) is 5.13. The third-order valence-electron chi connectivity index (χ3n) is 2.62. The lowest BCUT2D eigenvalue weighted by Crippen LogP contribution is -2.32. The minimum absolute atomic E-state index is 0.206. The van der Waals surface area contributed by atoms with Crippen molar-refractivity contribution in [3.05, 3.63) is 18.0 Å². The number of hydrogen-bond acceptors (Lipinski definition) is 3. The first kappa shape index (κ1) is 13.9. The fourth-order valence-corrected chi connectivity index (χ4v) is 1.51. The number of aromatic nitrogens is 2. The molecule has 1 aromatic rings. The van der Waals surface area contributed by atoms with E-state index in [1.165, 1.54) is 0 Å². The number of ketones is 1. The maximum atomic E-state index is 11.7. The SMILES string of the molecule is CC(C)n1ccc(CC(=O)CCC(C)(C)N)n1. The molecule has 1 rings (SSSR count). The molecule has 0 aliphatic carbocycles. The van der Waals surface area contributed by atoms with Gasteiger partial charge in [-0.2, -0.15) is 5.10 Å². The first-order valence-electron chi connectivity index (χ1n) is 6.12. The van der Waals surface area contributed by atoms with E-state index in [9.17, 15) is 4.79 Å². The second kappa shape index (κ2) is 5.45. The number of nitrogens with zero attached hydrogens (tertiary/aromatic N) is 2. The molecule has 0 radical (unpaired) electrons. The molecule has 96 valence electrons. The van der Waals surface area contributed by atoms with E-state index in [2.05, 4.69) is 18.9 Å². The van der Waals surface area contributed by atoms with Crippen molar-refractivity contribution in [1.29, 1.82) is 0 Å². The zero-order valence-electron chi connectivity index (χ0n) is 11.2. The van der Waals surface area contributed by atoms with Gasteiger partial charge in [-0.3, -0.25) is 9.48 Å². The Morgan fingerprint density at radius 2 is 2.18 bits per heavy atom. The fourth-order valence-electron chi connectivity index (χ4n) is 1.51. The molecule has 0 saturated carbocycles. The van der Waals surface area contributed by atoms with Crippen molar-refractivity contribution in [1.82, 2.24) is 9.78 Å². The van der Waals surface area contributed by atoms with Crippen LogP contribution in [0.5, 0.6) is 0 Å². The van der Waals surface area contributed by atoms with Gasteiger partial charge in [0.2, 0.25) is 0 Å². The Morgan fingerprint density at radius 1 is 1.53 bits per heavy atom. The number of rotatable bonds is 6. The smallest absolute Gasteiger partial charge is 0.138 e. The van der Waals surface area contributed by atoms with E-state index >= 15 is 0 Å². The quantitative estimate of drug-likeness (QED) is 0.824. The van der Waals surface area contributed by atoms with Crippen LogP contribution in [0.15, 0.2) is 12.3 Å². The lowest BCUT2D eigenvalue weighted by atomic mass is 9.97. The standard InChI is InChI=1S/C13H23N3O/c1-10(2)16-8-6-11(15-16)9-12(17)5-7-13(3,4)14/h6,8,10H,5,7,9,14H2,1-4H3. The number of carbonyl (C=O) groups is 1. The number of hydrogen-bond donors (Lipinski definition) is 1. The van der Waals surface area contributed by atoms with Crippen LogP contribution in [0.1, 0.15) is 52.3 Å². The molecular formula is C13H23N3O. The Labute approximate surface area is 103 Å². The first-order chi connectivity index (χ1) is 7.78. The van der Waals surface area contributed by atoms with Crippen LogP contribution in [-0.2, 0) is 11.2 Å². The monoisotopic (exact) mass is 237 g/mol. The molecule has 0 fully saturated rings. The lowest BCUT2D eigenvalue weighted by Gasteiger charge is -2.17. The molecule has 0 aromatic carbocycles. The van der Waals surface area contributed by atoms with E-state index in [0.717, 1.165) is 12.1 Å². The summed E-state index contributed by atoms with van der Waals surface area (Å²) >= 11 is 0. The highest BCUT2D eigenvalue weighted by Gasteiger charge is 2.14. The van der Waals surface area contributed by atoms with Crippen molar-refractivity contribution in [3.63, 3.8) is 0 Å². The molecule has 1 heterocycles. The van der Waals surface area contributed by atoms with E-state index in [-0.39, 0.29) is 11.3 Å². The number of carbonyl (C=O) groups excluding carboxylic acids is 1. The summed E-state index contributed by atoms with van der Waals surface area (Å²) in [5.74, 6) is 0.206. The molecule has 2 N–H and O–H groups in total. The van der Waals surface area contributed by atoms with E-state index in [1.807, 2.05) is 30.8 Å². The van der Waals surface area contributed by atoms with Crippen LogP contribution in [0.25, 0.3) is 0 Å². The van der Waals surface area contributed by atoms with Gasteiger partial charge in [-0.25, -0.2) is 0 Å². The van der Waals surface area contributed by atoms with Crippen LogP contribution in [0.2, 0.25) is 0 Å². The van der Waals surface area contributed by atoms with Crippen molar-refractivity contribution in [2.45, 2.75) is 58.5 Å². The van der Waals surface area contributed by atoms with Gasteiger partial charge < -0.3 is 5.73 Å². The van der Waals surface area contributed by atoms with Crippen molar-refractivity contribution in [3.8, 4) is 0 Å².